The summed E-state index contributed by atoms with van der Waals surface area (Å²) in [5.41, 5.74) is 0.603. The van der Waals surface area contributed by atoms with E-state index in [1.54, 1.807) is 19.1 Å². The number of nitro benzene ring substituents is 1. The van der Waals surface area contributed by atoms with Crippen LogP contribution in [0.3, 0.4) is 0 Å². The zero-order valence-corrected chi connectivity index (χ0v) is 8.92. The van der Waals surface area contributed by atoms with E-state index in [1.165, 1.54) is 6.07 Å². The third-order valence-electron chi connectivity index (χ3n) is 2.82. The predicted octanol–water partition coefficient (Wildman–Crippen LogP) is 1.81. The van der Waals surface area contributed by atoms with Gasteiger partial charge in [0.05, 0.1) is 16.6 Å². The topological polar surface area (TPSA) is 72.6 Å². The van der Waals surface area contributed by atoms with Gasteiger partial charge in [0.15, 0.2) is 0 Å². The predicted molar refractivity (Wildman–Crippen MR) is 57.5 cm³/mol. The average Bonchev–Trinajstić information content (AvgIpc) is 2.18. The minimum absolute atomic E-state index is 0.0179. The summed E-state index contributed by atoms with van der Waals surface area (Å²) in [5, 5.41) is 19.8. The van der Waals surface area contributed by atoms with Crippen LogP contribution in [0.2, 0.25) is 0 Å². The number of hydrogen-bond donors (Lipinski definition) is 1. The van der Waals surface area contributed by atoms with E-state index in [0.717, 1.165) is 0 Å². The quantitative estimate of drug-likeness (QED) is 0.626. The van der Waals surface area contributed by atoms with Gasteiger partial charge in [-0.1, -0.05) is 6.07 Å². The van der Waals surface area contributed by atoms with E-state index in [9.17, 15) is 10.1 Å². The van der Waals surface area contributed by atoms with Crippen LogP contribution in [-0.4, -0.2) is 22.2 Å². The molecule has 0 aromatic heterocycles. The van der Waals surface area contributed by atoms with E-state index >= 15 is 0 Å². The first-order chi connectivity index (χ1) is 7.58. The molecule has 0 aliphatic heterocycles. The SMILES string of the molecule is Cc1c(OC2CC(O)C2)cccc1[N+](=O)[O-]. The van der Waals surface area contributed by atoms with E-state index in [1.807, 2.05) is 0 Å². The van der Waals surface area contributed by atoms with Gasteiger partial charge in [0, 0.05) is 18.9 Å². The first kappa shape index (κ1) is 10.9. The van der Waals surface area contributed by atoms with Crippen molar-refractivity contribution in [3.63, 3.8) is 0 Å². The van der Waals surface area contributed by atoms with Crippen molar-refractivity contribution in [3.05, 3.63) is 33.9 Å². The Bertz CT molecular complexity index is 412. The maximum atomic E-state index is 10.7. The summed E-state index contributed by atoms with van der Waals surface area (Å²) in [6.07, 6.45) is 0.893. The summed E-state index contributed by atoms with van der Waals surface area (Å²) >= 11 is 0. The highest BCUT2D eigenvalue weighted by Crippen LogP contribution is 2.31. The van der Waals surface area contributed by atoms with E-state index in [0.29, 0.717) is 24.2 Å². The molecule has 0 amide bonds. The van der Waals surface area contributed by atoms with Crippen molar-refractivity contribution in [2.45, 2.75) is 32.0 Å². The van der Waals surface area contributed by atoms with E-state index in [2.05, 4.69) is 0 Å². The fourth-order valence-electron chi connectivity index (χ4n) is 1.74. The highest BCUT2D eigenvalue weighted by molar-refractivity contribution is 5.48. The Kier molecular flexibility index (Phi) is 2.78. The monoisotopic (exact) mass is 223 g/mol. The summed E-state index contributed by atoms with van der Waals surface area (Å²) in [4.78, 5) is 10.3. The van der Waals surface area contributed by atoms with Crippen molar-refractivity contribution < 1.29 is 14.8 Å². The molecule has 5 nitrogen and oxygen atoms in total. The van der Waals surface area contributed by atoms with Gasteiger partial charge >= 0.3 is 0 Å². The molecule has 1 N–H and O–H groups in total. The van der Waals surface area contributed by atoms with Crippen LogP contribution in [-0.2, 0) is 0 Å². The molecular formula is C11H13NO4. The lowest BCUT2D eigenvalue weighted by Gasteiger charge is -2.31. The molecule has 1 aliphatic carbocycles. The van der Waals surface area contributed by atoms with Gasteiger partial charge in [0.2, 0.25) is 0 Å². The fourth-order valence-corrected chi connectivity index (χ4v) is 1.74. The Morgan fingerprint density at radius 2 is 2.19 bits per heavy atom. The zero-order valence-electron chi connectivity index (χ0n) is 8.92. The van der Waals surface area contributed by atoms with Crippen LogP contribution in [0, 0.1) is 17.0 Å². The van der Waals surface area contributed by atoms with Gasteiger partial charge in [-0.25, -0.2) is 0 Å². The van der Waals surface area contributed by atoms with Gasteiger partial charge in [-0.2, -0.15) is 0 Å². The second-order valence-corrected chi connectivity index (χ2v) is 4.02. The number of aliphatic hydroxyl groups is 1. The van der Waals surface area contributed by atoms with Crippen molar-refractivity contribution in [3.8, 4) is 5.75 Å². The molecule has 0 unspecified atom stereocenters. The van der Waals surface area contributed by atoms with Crippen LogP contribution in [0.15, 0.2) is 18.2 Å². The maximum absolute atomic E-state index is 10.7. The first-order valence-electron chi connectivity index (χ1n) is 5.16. The molecule has 1 aromatic rings. The van der Waals surface area contributed by atoms with Crippen molar-refractivity contribution in [2.75, 3.05) is 0 Å². The summed E-state index contributed by atoms with van der Waals surface area (Å²) in [6, 6.07) is 4.78. The molecule has 16 heavy (non-hydrogen) atoms. The normalized spacial score (nSPS) is 23.6. The lowest BCUT2D eigenvalue weighted by Crippen LogP contribution is -2.37. The Labute approximate surface area is 92.8 Å². The van der Waals surface area contributed by atoms with Gasteiger partial charge in [0.1, 0.15) is 11.9 Å². The summed E-state index contributed by atoms with van der Waals surface area (Å²) in [7, 11) is 0. The molecule has 1 saturated carbocycles. The molecule has 0 bridgehead atoms. The molecule has 0 radical (unpaired) electrons. The summed E-state index contributed by atoms with van der Waals surface area (Å²) < 4.78 is 5.58. The lowest BCUT2D eigenvalue weighted by atomic mass is 9.92. The molecule has 0 atom stereocenters. The van der Waals surface area contributed by atoms with Gasteiger partial charge in [-0.3, -0.25) is 10.1 Å². The van der Waals surface area contributed by atoms with Crippen molar-refractivity contribution in [1.29, 1.82) is 0 Å². The number of benzene rings is 1. The van der Waals surface area contributed by atoms with Crippen molar-refractivity contribution in [1.82, 2.24) is 0 Å². The third-order valence-corrected chi connectivity index (χ3v) is 2.82. The smallest absolute Gasteiger partial charge is 0.276 e. The summed E-state index contributed by atoms with van der Waals surface area (Å²) in [6.45, 7) is 1.67. The van der Waals surface area contributed by atoms with Crippen LogP contribution in [0.25, 0.3) is 0 Å². The third kappa shape index (κ3) is 1.99. The highest BCUT2D eigenvalue weighted by atomic mass is 16.6. The molecule has 5 heteroatoms. The standard InChI is InChI=1S/C11H13NO4/c1-7-10(12(14)15)3-2-4-11(7)16-9-5-8(13)6-9/h2-4,8-9,13H,5-6H2,1H3. The molecule has 2 rings (SSSR count). The minimum atomic E-state index is -0.419. The molecule has 1 aromatic carbocycles. The number of nitrogens with zero attached hydrogens (tertiary/aromatic N) is 1. The number of hydrogen-bond acceptors (Lipinski definition) is 4. The molecule has 86 valence electrons. The molecule has 1 aliphatic rings. The average molecular weight is 223 g/mol. The molecule has 0 heterocycles. The first-order valence-corrected chi connectivity index (χ1v) is 5.16. The van der Waals surface area contributed by atoms with Crippen LogP contribution in [0.4, 0.5) is 5.69 Å². The Hall–Kier alpha value is -1.62. The zero-order chi connectivity index (χ0) is 11.7. The fraction of sp³-hybridized carbons (Fsp3) is 0.455. The van der Waals surface area contributed by atoms with Crippen LogP contribution in [0.1, 0.15) is 18.4 Å². The number of ether oxygens (including phenoxy) is 1. The Morgan fingerprint density at radius 3 is 2.75 bits per heavy atom. The maximum Gasteiger partial charge on any atom is 0.276 e. The van der Waals surface area contributed by atoms with E-state index in [4.69, 9.17) is 9.84 Å². The van der Waals surface area contributed by atoms with Crippen molar-refractivity contribution in [2.24, 2.45) is 0 Å². The Balaban J connectivity index is 2.15. The Morgan fingerprint density at radius 1 is 1.50 bits per heavy atom. The molecular weight excluding hydrogens is 210 g/mol. The van der Waals surface area contributed by atoms with E-state index in [-0.39, 0.29) is 17.9 Å². The number of aliphatic hydroxyl groups excluding tert-OH is 1. The summed E-state index contributed by atoms with van der Waals surface area (Å²) in [5.74, 6) is 0.533. The second-order valence-electron chi connectivity index (χ2n) is 4.02. The lowest BCUT2D eigenvalue weighted by molar-refractivity contribution is -0.385. The molecule has 0 spiro atoms. The largest absolute Gasteiger partial charge is 0.490 e. The minimum Gasteiger partial charge on any atom is -0.490 e. The van der Waals surface area contributed by atoms with Crippen molar-refractivity contribution >= 4 is 5.69 Å². The number of nitro groups is 1. The second kappa shape index (κ2) is 4.09. The van der Waals surface area contributed by atoms with Gasteiger partial charge in [-0.05, 0) is 13.0 Å². The van der Waals surface area contributed by atoms with Crippen LogP contribution in [0.5, 0.6) is 5.75 Å². The molecule has 1 fully saturated rings. The van der Waals surface area contributed by atoms with Gasteiger partial charge in [-0.15, -0.1) is 0 Å². The highest BCUT2D eigenvalue weighted by Gasteiger charge is 2.29. The van der Waals surface area contributed by atoms with Gasteiger partial charge in [0.25, 0.3) is 5.69 Å². The van der Waals surface area contributed by atoms with Crippen LogP contribution < -0.4 is 4.74 Å². The molecule has 0 saturated heterocycles. The van der Waals surface area contributed by atoms with E-state index < -0.39 is 4.92 Å². The van der Waals surface area contributed by atoms with Crippen LogP contribution >= 0.6 is 0 Å². The van der Waals surface area contributed by atoms with Gasteiger partial charge < -0.3 is 9.84 Å². The number of rotatable bonds is 3.